The maximum absolute atomic E-state index is 12.2. The molecule has 2 amide bonds. The summed E-state index contributed by atoms with van der Waals surface area (Å²) < 4.78 is 1.02. The minimum atomic E-state index is -0.431. The molecule has 1 atom stereocenters. The fourth-order valence-corrected chi connectivity index (χ4v) is 3.08. The van der Waals surface area contributed by atoms with Crippen molar-refractivity contribution < 1.29 is 9.59 Å². The van der Waals surface area contributed by atoms with Crippen molar-refractivity contribution in [3.05, 3.63) is 40.9 Å². The third kappa shape index (κ3) is 2.53. The van der Waals surface area contributed by atoms with Crippen molar-refractivity contribution in [2.24, 2.45) is 0 Å². The first-order valence-electron chi connectivity index (χ1n) is 6.89. The zero-order valence-electron chi connectivity index (χ0n) is 11.6. The number of amides is 2. The second kappa shape index (κ2) is 5.48. The number of rotatable bonds is 2. The largest absolute Gasteiger partial charge is 0.345 e. The van der Waals surface area contributed by atoms with Gasteiger partial charge in [-0.1, -0.05) is 35.0 Å². The van der Waals surface area contributed by atoms with Crippen LogP contribution in [-0.2, 0) is 9.59 Å². The topological polar surface area (TPSA) is 49.4 Å². The van der Waals surface area contributed by atoms with Crippen LogP contribution >= 0.6 is 15.9 Å². The number of hydrogen-bond acceptors (Lipinski definition) is 2. The fraction of sp³-hybridized carbons (Fsp3) is 0.250. The molecule has 1 N–H and O–H groups in total. The molecule has 3 rings (SSSR count). The van der Waals surface area contributed by atoms with E-state index in [-0.39, 0.29) is 18.4 Å². The maximum atomic E-state index is 12.2. The third-order valence-corrected chi connectivity index (χ3v) is 4.24. The Bertz CT molecular complexity index is 729. The van der Waals surface area contributed by atoms with Crippen molar-refractivity contribution >= 4 is 44.2 Å². The molecule has 0 saturated carbocycles. The molecule has 2 aromatic rings. The van der Waals surface area contributed by atoms with Crippen LogP contribution in [0.25, 0.3) is 10.8 Å². The van der Waals surface area contributed by atoms with E-state index in [1.165, 1.54) is 0 Å². The summed E-state index contributed by atoms with van der Waals surface area (Å²) in [6.45, 7) is 1.97. The number of anilines is 1. The Kier molecular flexibility index (Phi) is 3.68. The highest BCUT2D eigenvalue weighted by Gasteiger charge is 2.34. The first-order chi connectivity index (χ1) is 10.1. The molecule has 0 aromatic heterocycles. The standard InChI is InChI=1S/C16H15BrN2O2/c1-2-14-16(21)18-9-15(20)19(14)13-6-4-10-7-12(17)5-3-11(10)8-13/h3-8,14H,2,9H2,1H3,(H,18,21). The van der Waals surface area contributed by atoms with Gasteiger partial charge in [-0.15, -0.1) is 0 Å². The van der Waals surface area contributed by atoms with E-state index >= 15 is 0 Å². The zero-order chi connectivity index (χ0) is 15.0. The Labute approximate surface area is 131 Å². The second-order valence-corrected chi connectivity index (χ2v) is 6.00. The highest BCUT2D eigenvalue weighted by atomic mass is 79.9. The van der Waals surface area contributed by atoms with Gasteiger partial charge in [-0.2, -0.15) is 0 Å². The van der Waals surface area contributed by atoms with Gasteiger partial charge in [-0.25, -0.2) is 0 Å². The summed E-state index contributed by atoms with van der Waals surface area (Å²) in [6, 6.07) is 11.4. The van der Waals surface area contributed by atoms with Crippen molar-refractivity contribution in [3.63, 3.8) is 0 Å². The number of nitrogens with zero attached hydrogens (tertiary/aromatic N) is 1. The number of fused-ring (bicyclic) bond motifs is 1. The molecule has 1 aliphatic heterocycles. The number of halogens is 1. The molecular formula is C16H15BrN2O2. The summed E-state index contributed by atoms with van der Waals surface area (Å²) in [5.74, 6) is -0.161. The SMILES string of the molecule is CCC1C(=O)NCC(=O)N1c1ccc2cc(Br)ccc2c1. The van der Waals surface area contributed by atoms with Gasteiger partial charge >= 0.3 is 0 Å². The molecule has 1 heterocycles. The molecule has 0 bridgehead atoms. The van der Waals surface area contributed by atoms with Gasteiger partial charge in [-0.3, -0.25) is 14.5 Å². The Morgan fingerprint density at radius 1 is 1.19 bits per heavy atom. The molecule has 0 aliphatic carbocycles. The Balaban J connectivity index is 2.07. The van der Waals surface area contributed by atoms with Crippen molar-refractivity contribution in [1.29, 1.82) is 0 Å². The molecule has 21 heavy (non-hydrogen) atoms. The molecule has 2 aromatic carbocycles. The average molecular weight is 347 g/mol. The lowest BCUT2D eigenvalue weighted by molar-refractivity contribution is -0.131. The predicted molar refractivity (Wildman–Crippen MR) is 86.2 cm³/mol. The van der Waals surface area contributed by atoms with Crippen molar-refractivity contribution in [2.45, 2.75) is 19.4 Å². The Morgan fingerprint density at radius 3 is 2.67 bits per heavy atom. The van der Waals surface area contributed by atoms with Gasteiger partial charge in [0.1, 0.15) is 6.04 Å². The number of piperazine rings is 1. The molecule has 1 fully saturated rings. The Hall–Kier alpha value is -1.88. The maximum Gasteiger partial charge on any atom is 0.247 e. The smallest absolute Gasteiger partial charge is 0.247 e. The van der Waals surface area contributed by atoms with Crippen LogP contribution in [0.5, 0.6) is 0 Å². The number of benzene rings is 2. The van der Waals surface area contributed by atoms with E-state index in [1.807, 2.05) is 43.3 Å². The molecule has 0 spiro atoms. The van der Waals surface area contributed by atoms with Gasteiger partial charge < -0.3 is 5.32 Å². The molecule has 1 unspecified atom stereocenters. The first-order valence-corrected chi connectivity index (χ1v) is 7.68. The van der Waals surface area contributed by atoms with Crippen molar-refractivity contribution in [2.75, 3.05) is 11.4 Å². The van der Waals surface area contributed by atoms with E-state index < -0.39 is 6.04 Å². The quantitative estimate of drug-likeness (QED) is 0.908. The molecule has 0 radical (unpaired) electrons. The summed E-state index contributed by atoms with van der Waals surface area (Å²) in [7, 11) is 0. The second-order valence-electron chi connectivity index (χ2n) is 5.08. The minimum Gasteiger partial charge on any atom is -0.345 e. The van der Waals surface area contributed by atoms with Crippen LogP contribution in [0.15, 0.2) is 40.9 Å². The summed E-state index contributed by atoms with van der Waals surface area (Å²) in [6.07, 6.45) is 0.593. The van der Waals surface area contributed by atoms with Crippen LogP contribution in [0.3, 0.4) is 0 Å². The molecule has 1 saturated heterocycles. The predicted octanol–water partition coefficient (Wildman–Crippen LogP) is 2.84. The summed E-state index contributed by atoms with van der Waals surface area (Å²) in [5, 5.41) is 4.78. The number of carbonyl (C=O) groups excluding carboxylic acids is 2. The summed E-state index contributed by atoms with van der Waals surface area (Å²) >= 11 is 3.45. The van der Waals surface area contributed by atoms with Gasteiger partial charge in [0.15, 0.2) is 0 Å². The van der Waals surface area contributed by atoms with Crippen LogP contribution in [0.2, 0.25) is 0 Å². The van der Waals surface area contributed by atoms with Crippen LogP contribution in [0.4, 0.5) is 5.69 Å². The van der Waals surface area contributed by atoms with Gasteiger partial charge in [0.25, 0.3) is 0 Å². The lowest BCUT2D eigenvalue weighted by Crippen LogP contribution is -2.58. The molecule has 108 valence electrons. The van der Waals surface area contributed by atoms with E-state index in [0.29, 0.717) is 6.42 Å². The lowest BCUT2D eigenvalue weighted by atomic mass is 10.1. The number of carbonyl (C=O) groups is 2. The van der Waals surface area contributed by atoms with Gasteiger partial charge in [0.05, 0.1) is 6.54 Å². The van der Waals surface area contributed by atoms with Crippen LogP contribution in [-0.4, -0.2) is 24.4 Å². The van der Waals surface area contributed by atoms with E-state index in [4.69, 9.17) is 0 Å². The normalized spacial score (nSPS) is 19.0. The van der Waals surface area contributed by atoms with Crippen LogP contribution in [0, 0.1) is 0 Å². The monoisotopic (exact) mass is 346 g/mol. The van der Waals surface area contributed by atoms with E-state index in [9.17, 15) is 9.59 Å². The summed E-state index contributed by atoms with van der Waals surface area (Å²) in [5.41, 5.74) is 0.775. The molecule has 4 nitrogen and oxygen atoms in total. The highest BCUT2D eigenvalue weighted by molar-refractivity contribution is 9.10. The third-order valence-electron chi connectivity index (χ3n) is 3.75. The molecular weight excluding hydrogens is 332 g/mol. The van der Waals surface area contributed by atoms with E-state index in [2.05, 4.69) is 21.2 Å². The highest BCUT2D eigenvalue weighted by Crippen LogP contribution is 2.27. The minimum absolute atomic E-state index is 0.0632. The van der Waals surface area contributed by atoms with E-state index in [0.717, 1.165) is 20.9 Å². The van der Waals surface area contributed by atoms with Gasteiger partial charge in [0, 0.05) is 10.2 Å². The number of nitrogens with one attached hydrogen (secondary N) is 1. The molecule has 1 aliphatic rings. The summed E-state index contributed by atoms with van der Waals surface area (Å²) in [4.78, 5) is 25.8. The zero-order valence-corrected chi connectivity index (χ0v) is 13.2. The average Bonchev–Trinajstić information content (AvgIpc) is 2.48. The lowest BCUT2D eigenvalue weighted by Gasteiger charge is -2.34. The van der Waals surface area contributed by atoms with Gasteiger partial charge in [-0.05, 0) is 41.5 Å². The molecule has 5 heteroatoms. The number of hydrogen-bond donors (Lipinski definition) is 1. The van der Waals surface area contributed by atoms with Crippen LogP contribution in [0.1, 0.15) is 13.3 Å². The Morgan fingerprint density at radius 2 is 1.90 bits per heavy atom. The first kappa shape index (κ1) is 14.1. The van der Waals surface area contributed by atoms with Crippen LogP contribution < -0.4 is 10.2 Å². The van der Waals surface area contributed by atoms with Crippen molar-refractivity contribution in [3.8, 4) is 0 Å². The van der Waals surface area contributed by atoms with E-state index in [1.54, 1.807) is 4.90 Å². The van der Waals surface area contributed by atoms with Gasteiger partial charge in [0.2, 0.25) is 11.8 Å². The fourth-order valence-electron chi connectivity index (χ4n) is 2.70. The van der Waals surface area contributed by atoms with Crippen molar-refractivity contribution in [1.82, 2.24) is 5.32 Å².